The highest BCUT2D eigenvalue weighted by molar-refractivity contribution is 5.27. The molecular formula is C12H24N4O2. The molecule has 1 atom stereocenters. The highest BCUT2D eigenvalue weighted by Crippen LogP contribution is 2.25. The number of likely N-dealkylation sites (N-methyl/N-ethyl adjacent to an activating group) is 2. The number of nitrogens with zero attached hydrogens (tertiary/aromatic N) is 4. The molecule has 0 fully saturated rings. The van der Waals surface area contributed by atoms with Crippen molar-refractivity contribution in [3.63, 3.8) is 0 Å². The van der Waals surface area contributed by atoms with Crippen LogP contribution < -0.4 is 4.74 Å². The summed E-state index contributed by atoms with van der Waals surface area (Å²) in [5, 5.41) is 14.5. The normalized spacial score (nSPS) is 13.3. The summed E-state index contributed by atoms with van der Waals surface area (Å²) in [6, 6.07) is 0. The van der Waals surface area contributed by atoms with Crippen LogP contribution in [0.3, 0.4) is 0 Å². The molecule has 1 heterocycles. The van der Waals surface area contributed by atoms with E-state index < -0.39 is 6.10 Å². The van der Waals surface area contributed by atoms with Gasteiger partial charge in [0.25, 0.3) is 0 Å². The monoisotopic (exact) mass is 256 g/mol. The summed E-state index contributed by atoms with van der Waals surface area (Å²) in [6.07, 6.45) is 1.06. The van der Waals surface area contributed by atoms with Gasteiger partial charge < -0.3 is 19.6 Å². The molecule has 1 aromatic rings. The molecule has 6 heteroatoms. The van der Waals surface area contributed by atoms with E-state index in [1.807, 2.05) is 37.8 Å². The van der Waals surface area contributed by atoms with Crippen LogP contribution in [-0.2, 0) is 6.54 Å². The average Bonchev–Trinajstić information content (AvgIpc) is 2.68. The van der Waals surface area contributed by atoms with Crippen molar-refractivity contribution in [3.05, 3.63) is 11.9 Å². The van der Waals surface area contributed by atoms with E-state index in [0.29, 0.717) is 12.3 Å². The zero-order chi connectivity index (χ0) is 13.7. The minimum absolute atomic E-state index is 0.546. The minimum atomic E-state index is -0.598. The third-order valence-electron chi connectivity index (χ3n) is 2.68. The van der Waals surface area contributed by atoms with E-state index in [1.165, 1.54) is 0 Å². The molecule has 0 aliphatic carbocycles. The molecule has 104 valence electrons. The lowest BCUT2D eigenvalue weighted by Gasteiger charge is -2.19. The first-order valence-corrected chi connectivity index (χ1v) is 6.03. The number of hydrogen-bond acceptors (Lipinski definition) is 5. The Morgan fingerprint density at radius 3 is 2.50 bits per heavy atom. The standard InChI is InChI=1S/C12H24N4O2/c1-14(2)6-7-16-12(10(17)9-15(3)4)11(18-5)8-13-16/h8,10,17H,6-7,9H2,1-5H3. The van der Waals surface area contributed by atoms with E-state index >= 15 is 0 Å². The predicted octanol–water partition coefficient (Wildman–Crippen LogP) is 0.0483. The van der Waals surface area contributed by atoms with Crippen LogP contribution in [0.1, 0.15) is 11.8 Å². The van der Waals surface area contributed by atoms with Crippen LogP contribution in [0.5, 0.6) is 5.75 Å². The predicted molar refractivity (Wildman–Crippen MR) is 70.8 cm³/mol. The first kappa shape index (κ1) is 14.9. The number of aliphatic hydroxyl groups is 1. The van der Waals surface area contributed by atoms with Gasteiger partial charge in [0.2, 0.25) is 0 Å². The molecule has 0 bridgehead atoms. The second-order valence-corrected chi connectivity index (χ2v) is 4.90. The number of aromatic nitrogens is 2. The molecule has 1 rings (SSSR count). The Morgan fingerprint density at radius 2 is 2.00 bits per heavy atom. The molecular weight excluding hydrogens is 232 g/mol. The van der Waals surface area contributed by atoms with E-state index in [0.717, 1.165) is 18.8 Å². The van der Waals surface area contributed by atoms with Crippen LogP contribution >= 0.6 is 0 Å². The van der Waals surface area contributed by atoms with E-state index in [9.17, 15) is 5.11 Å². The molecule has 0 aliphatic heterocycles. The fourth-order valence-electron chi connectivity index (χ4n) is 1.78. The zero-order valence-electron chi connectivity index (χ0n) is 11.9. The smallest absolute Gasteiger partial charge is 0.162 e. The molecule has 1 aromatic heterocycles. The summed E-state index contributed by atoms with van der Waals surface area (Å²) < 4.78 is 7.07. The molecule has 0 amide bonds. The second-order valence-electron chi connectivity index (χ2n) is 4.90. The quantitative estimate of drug-likeness (QED) is 0.747. The molecule has 0 aliphatic rings. The Labute approximate surface area is 109 Å². The lowest BCUT2D eigenvalue weighted by Crippen LogP contribution is -2.25. The molecule has 6 nitrogen and oxygen atoms in total. The Kier molecular flexibility index (Phi) is 5.58. The maximum absolute atomic E-state index is 10.2. The van der Waals surface area contributed by atoms with Gasteiger partial charge >= 0.3 is 0 Å². The van der Waals surface area contributed by atoms with Gasteiger partial charge in [-0.2, -0.15) is 5.10 Å². The maximum atomic E-state index is 10.2. The highest BCUT2D eigenvalue weighted by Gasteiger charge is 2.20. The Bertz CT molecular complexity index is 363. The number of methoxy groups -OCH3 is 1. The van der Waals surface area contributed by atoms with Gasteiger partial charge in [0.1, 0.15) is 11.8 Å². The molecule has 18 heavy (non-hydrogen) atoms. The van der Waals surface area contributed by atoms with Crippen LogP contribution in [0.4, 0.5) is 0 Å². The van der Waals surface area contributed by atoms with Crippen LogP contribution in [0.2, 0.25) is 0 Å². The molecule has 0 saturated heterocycles. The van der Waals surface area contributed by atoms with E-state index in [2.05, 4.69) is 10.00 Å². The third kappa shape index (κ3) is 3.97. The largest absolute Gasteiger partial charge is 0.493 e. The molecule has 0 saturated carbocycles. The van der Waals surface area contributed by atoms with Crippen LogP contribution in [-0.4, -0.2) is 73.1 Å². The summed E-state index contributed by atoms with van der Waals surface area (Å²) >= 11 is 0. The van der Waals surface area contributed by atoms with Crippen molar-refractivity contribution in [1.82, 2.24) is 19.6 Å². The van der Waals surface area contributed by atoms with Gasteiger partial charge in [0.05, 0.1) is 19.9 Å². The van der Waals surface area contributed by atoms with Crippen molar-refractivity contribution < 1.29 is 9.84 Å². The number of ether oxygens (including phenoxy) is 1. The van der Waals surface area contributed by atoms with Crippen molar-refractivity contribution in [3.8, 4) is 5.75 Å². The van der Waals surface area contributed by atoms with Gasteiger partial charge in [0.15, 0.2) is 5.75 Å². The fourth-order valence-corrected chi connectivity index (χ4v) is 1.78. The van der Waals surface area contributed by atoms with Crippen LogP contribution in [0, 0.1) is 0 Å². The number of rotatable bonds is 7. The van der Waals surface area contributed by atoms with Crippen LogP contribution in [0.25, 0.3) is 0 Å². The van der Waals surface area contributed by atoms with Gasteiger partial charge in [-0.05, 0) is 28.2 Å². The Hall–Kier alpha value is -1.11. The lowest BCUT2D eigenvalue weighted by molar-refractivity contribution is 0.125. The molecule has 0 radical (unpaired) electrons. The summed E-state index contributed by atoms with van der Waals surface area (Å²) in [4.78, 5) is 4.02. The van der Waals surface area contributed by atoms with Gasteiger partial charge in [0, 0.05) is 13.1 Å². The molecule has 0 spiro atoms. The maximum Gasteiger partial charge on any atom is 0.162 e. The molecule has 0 aromatic carbocycles. The number of hydrogen-bond donors (Lipinski definition) is 1. The summed E-state index contributed by atoms with van der Waals surface area (Å²) in [5.41, 5.74) is 0.744. The Balaban J connectivity index is 2.87. The average molecular weight is 256 g/mol. The zero-order valence-corrected chi connectivity index (χ0v) is 11.9. The minimum Gasteiger partial charge on any atom is -0.493 e. The third-order valence-corrected chi connectivity index (χ3v) is 2.68. The molecule has 1 unspecified atom stereocenters. The van der Waals surface area contributed by atoms with Gasteiger partial charge in [-0.25, -0.2) is 0 Å². The van der Waals surface area contributed by atoms with Crippen molar-refractivity contribution in [1.29, 1.82) is 0 Å². The van der Waals surface area contributed by atoms with Crippen molar-refractivity contribution in [2.75, 3.05) is 48.4 Å². The topological polar surface area (TPSA) is 53.8 Å². The summed E-state index contributed by atoms with van der Waals surface area (Å²) in [6.45, 7) is 2.15. The summed E-state index contributed by atoms with van der Waals surface area (Å²) in [7, 11) is 9.47. The van der Waals surface area contributed by atoms with Crippen molar-refractivity contribution in [2.45, 2.75) is 12.6 Å². The van der Waals surface area contributed by atoms with Gasteiger partial charge in [-0.3, -0.25) is 4.68 Å². The molecule has 1 N–H and O–H groups in total. The SMILES string of the molecule is COc1cnn(CCN(C)C)c1C(O)CN(C)C. The van der Waals surface area contributed by atoms with E-state index in [4.69, 9.17) is 4.74 Å². The first-order chi connectivity index (χ1) is 8.45. The van der Waals surface area contributed by atoms with E-state index in [1.54, 1.807) is 13.3 Å². The van der Waals surface area contributed by atoms with Crippen LogP contribution in [0.15, 0.2) is 6.20 Å². The summed E-state index contributed by atoms with van der Waals surface area (Å²) in [5.74, 6) is 0.642. The van der Waals surface area contributed by atoms with Crippen molar-refractivity contribution in [2.24, 2.45) is 0 Å². The highest BCUT2D eigenvalue weighted by atomic mass is 16.5. The van der Waals surface area contributed by atoms with Gasteiger partial charge in [-0.1, -0.05) is 0 Å². The number of aliphatic hydroxyl groups excluding tert-OH is 1. The lowest BCUT2D eigenvalue weighted by atomic mass is 10.2. The van der Waals surface area contributed by atoms with Gasteiger partial charge in [-0.15, -0.1) is 0 Å². The second kappa shape index (κ2) is 6.72. The fraction of sp³-hybridized carbons (Fsp3) is 0.750. The van der Waals surface area contributed by atoms with E-state index in [-0.39, 0.29) is 0 Å². The van der Waals surface area contributed by atoms with Crippen molar-refractivity contribution >= 4 is 0 Å². The first-order valence-electron chi connectivity index (χ1n) is 6.03. The Morgan fingerprint density at radius 1 is 1.33 bits per heavy atom.